The molecule has 0 aliphatic heterocycles. The van der Waals surface area contributed by atoms with E-state index in [2.05, 4.69) is 37.3 Å². The molecule has 1 N–H and O–H groups in total. The number of hydrogen-bond donors (Lipinski definition) is 1. The highest BCUT2D eigenvalue weighted by Crippen LogP contribution is 2.27. The summed E-state index contributed by atoms with van der Waals surface area (Å²) in [5.41, 5.74) is 2.62. The molecule has 1 atom stereocenters. The first-order valence-electron chi connectivity index (χ1n) is 7.86. The smallest absolute Gasteiger partial charge is 0.138 e. The number of nitrogens with one attached hydrogen (secondary N) is 1. The molecule has 1 aromatic rings. The van der Waals surface area contributed by atoms with Crippen LogP contribution in [-0.2, 0) is 12.2 Å². The van der Waals surface area contributed by atoms with Crippen molar-refractivity contribution in [3.05, 3.63) is 23.3 Å². The van der Waals surface area contributed by atoms with E-state index in [1.807, 2.05) is 11.8 Å². The summed E-state index contributed by atoms with van der Waals surface area (Å²) in [6.45, 7) is 7.69. The van der Waals surface area contributed by atoms with Crippen molar-refractivity contribution in [3.63, 3.8) is 0 Å². The molecular weight excluding hydrogens is 266 g/mol. The molecule has 0 spiro atoms. The predicted octanol–water partition coefficient (Wildman–Crippen LogP) is 3.74. The quantitative estimate of drug-likeness (QED) is 0.811. The van der Waals surface area contributed by atoms with Gasteiger partial charge in [-0.3, -0.25) is 0 Å². The second kappa shape index (κ2) is 7.99. The molecule has 1 unspecified atom stereocenters. The Morgan fingerprint density at radius 1 is 1.40 bits per heavy atom. The van der Waals surface area contributed by atoms with Crippen LogP contribution >= 0.6 is 11.8 Å². The molecule has 0 saturated carbocycles. The van der Waals surface area contributed by atoms with Crippen LogP contribution in [0, 0.1) is 5.92 Å². The van der Waals surface area contributed by atoms with Crippen molar-refractivity contribution in [2.75, 3.05) is 12.3 Å². The van der Waals surface area contributed by atoms with Crippen LogP contribution in [0.3, 0.4) is 0 Å². The zero-order valence-electron chi connectivity index (χ0n) is 13.0. The Balaban J connectivity index is 2.07. The lowest BCUT2D eigenvalue weighted by Crippen LogP contribution is -2.22. The van der Waals surface area contributed by atoms with Crippen LogP contribution in [0.25, 0.3) is 0 Å². The summed E-state index contributed by atoms with van der Waals surface area (Å²) in [5, 5.41) is 3.57. The maximum atomic E-state index is 4.83. The Hall–Kier alpha value is -0.610. The minimum Gasteiger partial charge on any atom is -0.310 e. The summed E-state index contributed by atoms with van der Waals surface area (Å²) < 4.78 is 0. The molecule has 1 aromatic heterocycles. The molecule has 4 heteroatoms. The third-order valence-corrected chi connectivity index (χ3v) is 4.98. The van der Waals surface area contributed by atoms with Gasteiger partial charge in [0.15, 0.2) is 0 Å². The van der Waals surface area contributed by atoms with Crippen molar-refractivity contribution < 1.29 is 0 Å². The molecule has 1 heterocycles. The summed E-state index contributed by atoms with van der Waals surface area (Å²) in [6.07, 6.45) is 6.94. The minimum atomic E-state index is 0.454. The average molecular weight is 293 g/mol. The Morgan fingerprint density at radius 2 is 2.25 bits per heavy atom. The van der Waals surface area contributed by atoms with E-state index in [1.165, 1.54) is 36.3 Å². The van der Waals surface area contributed by atoms with Crippen LogP contribution in [-0.4, -0.2) is 22.3 Å². The predicted molar refractivity (Wildman–Crippen MR) is 87.0 cm³/mol. The van der Waals surface area contributed by atoms with Gasteiger partial charge in [0.1, 0.15) is 5.82 Å². The van der Waals surface area contributed by atoms with Crippen molar-refractivity contribution >= 4 is 11.8 Å². The molecule has 0 bridgehead atoms. The van der Waals surface area contributed by atoms with Crippen LogP contribution in [0.1, 0.15) is 63.2 Å². The summed E-state index contributed by atoms with van der Waals surface area (Å²) in [4.78, 5) is 9.42. The lowest BCUT2D eigenvalue weighted by atomic mass is 10.1. The number of thioether (sulfide) groups is 1. The number of aryl methyl sites for hydroxylation is 1. The molecule has 0 aromatic carbocycles. The SMILES string of the molecule is CCNC1CCCCc2nc(CSCC(C)C)ncc21. The maximum Gasteiger partial charge on any atom is 0.138 e. The van der Waals surface area contributed by atoms with Gasteiger partial charge >= 0.3 is 0 Å². The first kappa shape index (κ1) is 15.8. The van der Waals surface area contributed by atoms with Gasteiger partial charge in [0, 0.05) is 23.5 Å². The fourth-order valence-electron chi connectivity index (χ4n) is 2.67. The Kier molecular flexibility index (Phi) is 6.30. The summed E-state index contributed by atoms with van der Waals surface area (Å²) in [7, 11) is 0. The van der Waals surface area contributed by atoms with Gasteiger partial charge < -0.3 is 5.32 Å². The van der Waals surface area contributed by atoms with E-state index in [0.29, 0.717) is 6.04 Å². The molecule has 112 valence electrons. The molecule has 1 aliphatic carbocycles. The molecule has 1 aliphatic rings. The van der Waals surface area contributed by atoms with Gasteiger partial charge in [-0.05, 0) is 37.5 Å². The molecule has 3 nitrogen and oxygen atoms in total. The third-order valence-electron chi connectivity index (χ3n) is 3.61. The molecule has 0 amide bonds. The lowest BCUT2D eigenvalue weighted by Gasteiger charge is -2.17. The van der Waals surface area contributed by atoms with Gasteiger partial charge in [-0.25, -0.2) is 9.97 Å². The van der Waals surface area contributed by atoms with E-state index in [4.69, 9.17) is 4.98 Å². The Labute approximate surface area is 127 Å². The van der Waals surface area contributed by atoms with E-state index in [9.17, 15) is 0 Å². The number of aromatic nitrogens is 2. The number of rotatable bonds is 6. The van der Waals surface area contributed by atoms with Gasteiger partial charge in [-0.1, -0.05) is 27.2 Å². The van der Waals surface area contributed by atoms with E-state index in [0.717, 1.165) is 30.5 Å². The molecule has 20 heavy (non-hydrogen) atoms. The van der Waals surface area contributed by atoms with Gasteiger partial charge in [0.2, 0.25) is 0 Å². The zero-order chi connectivity index (χ0) is 14.4. The molecular formula is C16H27N3S. The first-order chi connectivity index (χ1) is 9.70. The van der Waals surface area contributed by atoms with Crippen LogP contribution in [0.2, 0.25) is 0 Å². The second-order valence-corrected chi connectivity index (χ2v) is 6.98. The van der Waals surface area contributed by atoms with E-state index >= 15 is 0 Å². The van der Waals surface area contributed by atoms with Crippen LogP contribution < -0.4 is 5.32 Å². The van der Waals surface area contributed by atoms with Crippen molar-refractivity contribution in [2.45, 2.75) is 58.2 Å². The van der Waals surface area contributed by atoms with Gasteiger partial charge in [-0.15, -0.1) is 0 Å². The summed E-state index contributed by atoms with van der Waals surface area (Å²) in [5.74, 6) is 3.86. The third kappa shape index (κ3) is 4.45. The van der Waals surface area contributed by atoms with Crippen LogP contribution in [0.5, 0.6) is 0 Å². The highest BCUT2D eigenvalue weighted by atomic mass is 32.2. The van der Waals surface area contributed by atoms with Crippen molar-refractivity contribution in [2.24, 2.45) is 5.92 Å². The fourth-order valence-corrected chi connectivity index (χ4v) is 3.58. The molecule has 0 fully saturated rings. The Bertz CT molecular complexity index is 420. The maximum absolute atomic E-state index is 4.83. The Morgan fingerprint density at radius 3 is 3.00 bits per heavy atom. The summed E-state index contributed by atoms with van der Waals surface area (Å²) >= 11 is 1.94. The molecule has 0 radical (unpaired) electrons. The number of fused-ring (bicyclic) bond motifs is 1. The lowest BCUT2D eigenvalue weighted by molar-refractivity contribution is 0.502. The average Bonchev–Trinajstić information content (AvgIpc) is 2.61. The van der Waals surface area contributed by atoms with E-state index in [1.54, 1.807) is 0 Å². The normalized spacial score (nSPS) is 18.9. The van der Waals surface area contributed by atoms with Gasteiger partial charge in [0.25, 0.3) is 0 Å². The van der Waals surface area contributed by atoms with Crippen LogP contribution in [0.15, 0.2) is 6.20 Å². The monoisotopic (exact) mass is 293 g/mol. The van der Waals surface area contributed by atoms with Crippen molar-refractivity contribution in [1.29, 1.82) is 0 Å². The van der Waals surface area contributed by atoms with Crippen molar-refractivity contribution in [3.8, 4) is 0 Å². The topological polar surface area (TPSA) is 37.8 Å². The van der Waals surface area contributed by atoms with Crippen molar-refractivity contribution in [1.82, 2.24) is 15.3 Å². The van der Waals surface area contributed by atoms with Gasteiger partial charge in [-0.2, -0.15) is 11.8 Å². The highest BCUT2D eigenvalue weighted by Gasteiger charge is 2.19. The number of hydrogen-bond acceptors (Lipinski definition) is 4. The first-order valence-corrected chi connectivity index (χ1v) is 9.02. The van der Waals surface area contributed by atoms with Gasteiger partial charge in [0.05, 0.1) is 5.75 Å². The second-order valence-electron chi connectivity index (χ2n) is 5.95. The van der Waals surface area contributed by atoms with E-state index in [-0.39, 0.29) is 0 Å². The fraction of sp³-hybridized carbons (Fsp3) is 0.750. The molecule has 2 rings (SSSR count). The number of nitrogens with zero attached hydrogens (tertiary/aromatic N) is 2. The minimum absolute atomic E-state index is 0.454. The van der Waals surface area contributed by atoms with Crippen LogP contribution in [0.4, 0.5) is 0 Å². The largest absolute Gasteiger partial charge is 0.310 e. The summed E-state index contributed by atoms with van der Waals surface area (Å²) in [6, 6.07) is 0.454. The molecule has 0 saturated heterocycles. The van der Waals surface area contributed by atoms with E-state index < -0.39 is 0 Å². The standard InChI is InChI=1S/C16H27N3S/c1-4-17-14-7-5-6-8-15-13(14)9-18-16(19-15)11-20-10-12(2)3/h9,12,14,17H,4-8,10-11H2,1-3H3. The highest BCUT2D eigenvalue weighted by molar-refractivity contribution is 7.98. The zero-order valence-corrected chi connectivity index (χ0v) is 13.8.